The van der Waals surface area contributed by atoms with Gasteiger partial charge in [0.25, 0.3) is 0 Å². The van der Waals surface area contributed by atoms with Crippen LogP contribution in [0.4, 0.5) is 0 Å². The fourth-order valence-electron chi connectivity index (χ4n) is 4.06. The third-order valence-corrected chi connectivity index (χ3v) is 5.49. The third kappa shape index (κ3) is 3.48. The summed E-state index contributed by atoms with van der Waals surface area (Å²) in [7, 11) is 0. The molecule has 2 atom stereocenters. The second-order valence-corrected chi connectivity index (χ2v) is 7.36. The van der Waals surface area contributed by atoms with Gasteiger partial charge in [0.05, 0.1) is 12.0 Å². The van der Waals surface area contributed by atoms with Crippen molar-refractivity contribution in [1.29, 1.82) is 0 Å². The van der Waals surface area contributed by atoms with Gasteiger partial charge in [-0.2, -0.15) is 0 Å². The summed E-state index contributed by atoms with van der Waals surface area (Å²) in [5.41, 5.74) is 0. The van der Waals surface area contributed by atoms with Gasteiger partial charge in [0, 0.05) is 31.7 Å². The number of aromatic nitrogens is 3. The number of hydrogen-bond acceptors (Lipinski definition) is 4. The molecule has 3 heterocycles. The van der Waals surface area contributed by atoms with Crippen LogP contribution in [-0.4, -0.2) is 51.4 Å². The highest BCUT2D eigenvalue weighted by atomic mass is 16.5. The molecule has 0 aromatic carbocycles. The largest absolute Gasteiger partial charge is 0.377 e. The van der Waals surface area contributed by atoms with Gasteiger partial charge >= 0.3 is 0 Å². The summed E-state index contributed by atoms with van der Waals surface area (Å²) in [6, 6.07) is 0.374. The second kappa shape index (κ2) is 7.64. The summed E-state index contributed by atoms with van der Waals surface area (Å²) in [6.45, 7) is 8.86. The van der Waals surface area contributed by atoms with Crippen LogP contribution >= 0.6 is 0 Å². The molecule has 1 aromatic heterocycles. The lowest BCUT2D eigenvalue weighted by Gasteiger charge is -2.37. The first-order valence-electron chi connectivity index (χ1n) is 9.41. The van der Waals surface area contributed by atoms with Crippen LogP contribution in [0, 0.1) is 5.92 Å². The Balaban J connectivity index is 1.60. The van der Waals surface area contributed by atoms with Crippen LogP contribution in [0.25, 0.3) is 0 Å². The predicted molar refractivity (Wildman–Crippen MR) is 91.7 cm³/mol. The molecule has 6 nitrogen and oxygen atoms in total. The highest BCUT2D eigenvalue weighted by molar-refractivity contribution is 5.79. The van der Waals surface area contributed by atoms with Crippen LogP contribution < -0.4 is 0 Å². The van der Waals surface area contributed by atoms with Crippen LogP contribution in [0.15, 0.2) is 6.33 Å². The molecule has 134 valence electrons. The molecule has 6 heteroatoms. The van der Waals surface area contributed by atoms with E-state index in [2.05, 4.69) is 40.4 Å². The average molecular weight is 334 g/mol. The molecule has 2 saturated heterocycles. The number of nitrogens with zero attached hydrogens (tertiary/aromatic N) is 4. The van der Waals surface area contributed by atoms with Gasteiger partial charge in [0.1, 0.15) is 12.2 Å². The molecule has 0 saturated carbocycles. The SMILES string of the molecule is CC[C@@H]1OCCC[C@H]1C(=O)N1CCC(c2nncn2C(C)C)CC1. The fraction of sp³-hybridized carbons (Fsp3) is 0.833. The Morgan fingerprint density at radius 3 is 2.75 bits per heavy atom. The van der Waals surface area contributed by atoms with Gasteiger partial charge in [-0.15, -0.1) is 10.2 Å². The highest BCUT2D eigenvalue weighted by Gasteiger charge is 2.35. The van der Waals surface area contributed by atoms with Gasteiger partial charge in [-0.05, 0) is 46.0 Å². The molecular weight excluding hydrogens is 304 g/mol. The Morgan fingerprint density at radius 1 is 1.33 bits per heavy atom. The molecule has 2 aliphatic rings. The monoisotopic (exact) mass is 334 g/mol. The van der Waals surface area contributed by atoms with E-state index in [0.717, 1.165) is 57.6 Å². The first-order valence-corrected chi connectivity index (χ1v) is 9.41. The molecular formula is C18H30N4O2. The van der Waals surface area contributed by atoms with E-state index in [1.807, 2.05) is 6.33 Å². The zero-order valence-corrected chi connectivity index (χ0v) is 15.1. The summed E-state index contributed by atoms with van der Waals surface area (Å²) in [4.78, 5) is 15.0. The van der Waals surface area contributed by atoms with Crippen molar-refractivity contribution in [3.63, 3.8) is 0 Å². The molecule has 0 radical (unpaired) electrons. The van der Waals surface area contributed by atoms with E-state index in [1.165, 1.54) is 0 Å². The van der Waals surface area contributed by atoms with E-state index in [4.69, 9.17) is 4.74 Å². The van der Waals surface area contributed by atoms with Crippen molar-refractivity contribution in [3.05, 3.63) is 12.2 Å². The minimum atomic E-state index is 0.0552. The lowest BCUT2D eigenvalue weighted by Crippen LogP contribution is -2.46. The Bertz CT molecular complexity index is 549. The van der Waals surface area contributed by atoms with E-state index in [0.29, 0.717) is 17.9 Å². The maximum atomic E-state index is 12.9. The molecule has 1 amide bonds. The maximum Gasteiger partial charge on any atom is 0.228 e. The number of likely N-dealkylation sites (tertiary alicyclic amines) is 1. The molecule has 0 bridgehead atoms. The number of rotatable bonds is 4. The Labute approximate surface area is 144 Å². The molecule has 0 aliphatic carbocycles. The molecule has 0 unspecified atom stereocenters. The number of hydrogen-bond donors (Lipinski definition) is 0. The van der Waals surface area contributed by atoms with Crippen molar-refractivity contribution < 1.29 is 9.53 Å². The van der Waals surface area contributed by atoms with E-state index in [9.17, 15) is 4.79 Å². The molecule has 2 aliphatic heterocycles. The van der Waals surface area contributed by atoms with Crippen molar-refractivity contribution >= 4 is 5.91 Å². The first-order chi connectivity index (χ1) is 11.6. The Kier molecular flexibility index (Phi) is 5.54. The molecule has 0 N–H and O–H groups in total. The van der Waals surface area contributed by atoms with E-state index in [1.54, 1.807) is 0 Å². The summed E-state index contributed by atoms with van der Waals surface area (Å²) in [5, 5.41) is 8.42. The smallest absolute Gasteiger partial charge is 0.228 e. The molecule has 1 aromatic rings. The van der Waals surface area contributed by atoms with Crippen LogP contribution in [0.5, 0.6) is 0 Å². The Hall–Kier alpha value is -1.43. The number of ether oxygens (including phenoxy) is 1. The molecule has 24 heavy (non-hydrogen) atoms. The van der Waals surface area contributed by atoms with Gasteiger partial charge in [-0.1, -0.05) is 6.92 Å². The number of piperidine rings is 1. The highest BCUT2D eigenvalue weighted by Crippen LogP contribution is 2.31. The summed E-state index contributed by atoms with van der Waals surface area (Å²) in [5.74, 6) is 1.83. The van der Waals surface area contributed by atoms with Gasteiger partial charge in [-0.25, -0.2) is 0 Å². The minimum absolute atomic E-state index is 0.0552. The Morgan fingerprint density at radius 2 is 2.08 bits per heavy atom. The summed E-state index contributed by atoms with van der Waals surface area (Å²) in [6.07, 6.45) is 6.77. The van der Waals surface area contributed by atoms with Gasteiger partial charge < -0.3 is 14.2 Å². The minimum Gasteiger partial charge on any atom is -0.377 e. The van der Waals surface area contributed by atoms with Crippen molar-refractivity contribution in [2.45, 2.75) is 70.9 Å². The normalized spacial score (nSPS) is 26.1. The summed E-state index contributed by atoms with van der Waals surface area (Å²) >= 11 is 0. The van der Waals surface area contributed by atoms with E-state index >= 15 is 0 Å². The molecule has 0 spiro atoms. The summed E-state index contributed by atoms with van der Waals surface area (Å²) < 4.78 is 7.96. The fourth-order valence-corrected chi connectivity index (χ4v) is 4.06. The van der Waals surface area contributed by atoms with Gasteiger partial charge in [0.2, 0.25) is 5.91 Å². The first kappa shape index (κ1) is 17.4. The second-order valence-electron chi connectivity index (χ2n) is 7.36. The van der Waals surface area contributed by atoms with Crippen LogP contribution in [-0.2, 0) is 9.53 Å². The van der Waals surface area contributed by atoms with Gasteiger partial charge in [0.15, 0.2) is 0 Å². The maximum absolute atomic E-state index is 12.9. The number of amides is 1. The topological polar surface area (TPSA) is 60.2 Å². The quantitative estimate of drug-likeness (QED) is 0.849. The lowest BCUT2D eigenvalue weighted by atomic mass is 9.89. The van der Waals surface area contributed by atoms with E-state index in [-0.39, 0.29) is 12.0 Å². The third-order valence-electron chi connectivity index (χ3n) is 5.49. The van der Waals surface area contributed by atoms with Crippen molar-refractivity contribution in [2.75, 3.05) is 19.7 Å². The van der Waals surface area contributed by atoms with E-state index < -0.39 is 0 Å². The predicted octanol–water partition coefficient (Wildman–Crippen LogP) is 2.77. The lowest BCUT2D eigenvalue weighted by molar-refractivity contribution is -0.146. The van der Waals surface area contributed by atoms with Crippen molar-refractivity contribution in [2.24, 2.45) is 5.92 Å². The van der Waals surface area contributed by atoms with Crippen molar-refractivity contribution in [1.82, 2.24) is 19.7 Å². The van der Waals surface area contributed by atoms with Crippen molar-refractivity contribution in [3.8, 4) is 0 Å². The zero-order valence-electron chi connectivity index (χ0n) is 15.1. The van der Waals surface area contributed by atoms with Crippen LogP contribution in [0.1, 0.15) is 70.7 Å². The standard InChI is InChI=1S/C18H30N4O2/c1-4-16-15(6-5-11-24-16)18(23)21-9-7-14(8-10-21)17-20-19-12-22(17)13(2)3/h12-16H,4-11H2,1-3H3/t15-,16+/m1/s1. The molecule has 2 fully saturated rings. The number of carbonyl (C=O) groups excluding carboxylic acids is 1. The van der Waals surface area contributed by atoms with Crippen LogP contribution in [0.2, 0.25) is 0 Å². The number of carbonyl (C=O) groups is 1. The molecule has 3 rings (SSSR count). The van der Waals surface area contributed by atoms with Crippen LogP contribution in [0.3, 0.4) is 0 Å². The average Bonchev–Trinajstić information content (AvgIpc) is 3.11. The zero-order chi connectivity index (χ0) is 17.1. The van der Waals surface area contributed by atoms with Gasteiger partial charge in [-0.3, -0.25) is 4.79 Å².